The number of hydrogen-bond acceptors (Lipinski definition) is 4. The SMILES string of the molecule is CCNc1nc2ccccc2cc1CSCc1ccco1. The van der Waals surface area contributed by atoms with Crippen LogP contribution in [0.15, 0.2) is 53.1 Å². The molecule has 21 heavy (non-hydrogen) atoms. The third kappa shape index (κ3) is 3.39. The predicted molar refractivity (Wildman–Crippen MR) is 89.6 cm³/mol. The molecule has 0 saturated carbocycles. The molecule has 0 bridgehead atoms. The molecule has 108 valence electrons. The second-order valence-corrected chi connectivity index (χ2v) is 5.78. The molecule has 0 amide bonds. The maximum Gasteiger partial charge on any atom is 0.130 e. The molecule has 0 fully saturated rings. The van der Waals surface area contributed by atoms with Crippen LogP contribution in [0.5, 0.6) is 0 Å². The van der Waals surface area contributed by atoms with Crippen molar-refractivity contribution in [3.8, 4) is 0 Å². The van der Waals surface area contributed by atoms with Gasteiger partial charge in [-0.05, 0) is 31.2 Å². The van der Waals surface area contributed by atoms with Crippen LogP contribution in [0.2, 0.25) is 0 Å². The largest absolute Gasteiger partial charge is 0.468 e. The van der Waals surface area contributed by atoms with E-state index in [0.29, 0.717) is 0 Å². The van der Waals surface area contributed by atoms with Crippen LogP contribution >= 0.6 is 11.8 Å². The van der Waals surface area contributed by atoms with Gasteiger partial charge in [-0.15, -0.1) is 11.8 Å². The van der Waals surface area contributed by atoms with Crippen molar-refractivity contribution in [1.82, 2.24) is 4.98 Å². The van der Waals surface area contributed by atoms with Crippen LogP contribution in [0.4, 0.5) is 5.82 Å². The summed E-state index contributed by atoms with van der Waals surface area (Å²) in [5, 5.41) is 4.55. The van der Waals surface area contributed by atoms with Crippen LogP contribution in [0.1, 0.15) is 18.2 Å². The first-order valence-corrected chi connectivity index (χ1v) is 8.25. The summed E-state index contributed by atoms with van der Waals surface area (Å²) in [4.78, 5) is 4.73. The summed E-state index contributed by atoms with van der Waals surface area (Å²) in [6.45, 7) is 2.97. The van der Waals surface area contributed by atoms with E-state index in [2.05, 4.69) is 36.5 Å². The van der Waals surface area contributed by atoms with E-state index < -0.39 is 0 Å². The maximum absolute atomic E-state index is 5.37. The van der Waals surface area contributed by atoms with Gasteiger partial charge in [0.1, 0.15) is 11.6 Å². The molecule has 3 nitrogen and oxygen atoms in total. The van der Waals surface area contributed by atoms with E-state index in [1.807, 2.05) is 30.0 Å². The van der Waals surface area contributed by atoms with Crippen molar-refractivity contribution >= 4 is 28.5 Å². The number of thioether (sulfide) groups is 1. The molecule has 0 aliphatic heterocycles. The zero-order chi connectivity index (χ0) is 14.5. The van der Waals surface area contributed by atoms with Crippen molar-refractivity contribution in [1.29, 1.82) is 0 Å². The number of para-hydroxylation sites is 1. The lowest BCUT2D eigenvalue weighted by Gasteiger charge is -2.11. The average molecular weight is 298 g/mol. The fourth-order valence-electron chi connectivity index (χ4n) is 2.25. The summed E-state index contributed by atoms with van der Waals surface area (Å²) in [5.74, 6) is 3.80. The first-order chi connectivity index (χ1) is 10.4. The van der Waals surface area contributed by atoms with Gasteiger partial charge in [-0.2, -0.15) is 0 Å². The standard InChI is InChI=1S/C17H18N2OS/c1-2-18-17-14(11-21-12-15-7-5-9-20-15)10-13-6-3-4-8-16(13)19-17/h3-10H,2,11-12H2,1H3,(H,18,19). The molecule has 2 aromatic heterocycles. The van der Waals surface area contributed by atoms with Crippen LogP contribution in [0, 0.1) is 0 Å². The highest BCUT2D eigenvalue weighted by Gasteiger charge is 2.07. The fraction of sp³-hybridized carbons (Fsp3) is 0.235. The van der Waals surface area contributed by atoms with E-state index in [0.717, 1.165) is 35.1 Å². The minimum Gasteiger partial charge on any atom is -0.468 e. The molecule has 2 heterocycles. The highest BCUT2D eigenvalue weighted by Crippen LogP contribution is 2.26. The highest BCUT2D eigenvalue weighted by atomic mass is 32.2. The van der Waals surface area contributed by atoms with Gasteiger partial charge in [0.05, 0.1) is 17.5 Å². The Hall–Kier alpha value is -1.94. The molecular formula is C17H18N2OS. The van der Waals surface area contributed by atoms with Gasteiger partial charge in [-0.1, -0.05) is 18.2 Å². The first kappa shape index (κ1) is 14.0. The van der Waals surface area contributed by atoms with Gasteiger partial charge in [0, 0.05) is 23.2 Å². The summed E-state index contributed by atoms with van der Waals surface area (Å²) in [6.07, 6.45) is 1.72. The lowest BCUT2D eigenvalue weighted by Crippen LogP contribution is -2.03. The second-order valence-electron chi connectivity index (χ2n) is 4.79. The number of aromatic nitrogens is 1. The maximum atomic E-state index is 5.37. The van der Waals surface area contributed by atoms with Gasteiger partial charge in [0.25, 0.3) is 0 Å². The number of benzene rings is 1. The van der Waals surface area contributed by atoms with E-state index in [1.165, 1.54) is 10.9 Å². The Kier molecular flexibility index (Phi) is 4.46. The van der Waals surface area contributed by atoms with Gasteiger partial charge >= 0.3 is 0 Å². The number of hydrogen-bond donors (Lipinski definition) is 1. The number of anilines is 1. The number of nitrogens with zero attached hydrogens (tertiary/aromatic N) is 1. The summed E-state index contributed by atoms with van der Waals surface area (Å²) in [5.41, 5.74) is 2.28. The molecule has 0 saturated heterocycles. The smallest absolute Gasteiger partial charge is 0.130 e. The van der Waals surface area contributed by atoms with Gasteiger partial charge in [0.15, 0.2) is 0 Å². The van der Waals surface area contributed by atoms with Crippen LogP contribution in [-0.2, 0) is 11.5 Å². The Morgan fingerprint density at radius 1 is 1.14 bits per heavy atom. The zero-order valence-electron chi connectivity index (χ0n) is 12.0. The molecule has 0 aliphatic rings. The van der Waals surface area contributed by atoms with E-state index in [-0.39, 0.29) is 0 Å². The quantitative estimate of drug-likeness (QED) is 0.716. The van der Waals surface area contributed by atoms with E-state index in [4.69, 9.17) is 9.40 Å². The Morgan fingerprint density at radius 3 is 2.86 bits per heavy atom. The molecule has 0 atom stereocenters. The molecule has 4 heteroatoms. The lowest BCUT2D eigenvalue weighted by atomic mass is 10.1. The van der Waals surface area contributed by atoms with E-state index in [9.17, 15) is 0 Å². The minimum absolute atomic E-state index is 0.876. The van der Waals surface area contributed by atoms with Crippen LogP contribution < -0.4 is 5.32 Å². The number of fused-ring (bicyclic) bond motifs is 1. The lowest BCUT2D eigenvalue weighted by molar-refractivity contribution is 0.530. The molecule has 0 radical (unpaired) electrons. The van der Waals surface area contributed by atoms with Crippen molar-refractivity contribution in [2.75, 3.05) is 11.9 Å². The van der Waals surface area contributed by atoms with Crippen molar-refractivity contribution in [2.45, 2.75) is 18.4 Å². The van der Waals surface area contributed by atoms with Gasteiger partial charge in [-0.25, -0.2) is 4.98 Å². The van der Waals surface area contributed by atoms with Gasteiger partial charge < -0.3 is 9.73 Å². The molecular weight excluding hydrogens is 280 g/mol. The average Bonchev–Trinajstić information content (AvgIpc) is 3.01. The normalized spacial score (nSPS) is 10.9. The molecule has 3 aromatic rings. The van der Waals surface area contributed by atoms with Crippen molar-refractivity contribution in [2.24, 2.45) is 0 Å². The third-order valence-corrected chi connectivity index (χ3v) is 4.23. The second kappa shape index (κ2) is 6.68. The number of rotatable bonds is 6. The molecule has 0 unspecified atom stereocenters. The highest BCUT2D eigenvalue weighted by molar-refractivity contribution is 7.97. The Morgan fingerprint density at radius 2 is 2.05 bits per heavy atom. The van der Waals surface area contributed by atoms with Crippen molar-refractivity contribution in [3.63, 3.8) is 0 Å². The zero-order valence-corrected chi connectivity index (χ0v) is 12.8. The third-order valence-electron chi connectivity index (χ3n) is 3.23. The fourth-order valence-corrected chi connectivity index (χ4v) is 3.15. The molecule has 0 spiro atoms. The van der Waals surface area contributed by atoms with Crippen molar-refractivity contribution < 1.29 is 4.42 Å². The number of furan rings is 1. The van der Waals surface area contributed by atoms with E-state index >= 15 is 0 Å². The number of pyridine rings is 1. The topological polar surface area (TPSA) is 38.1 Å². The summed E-state index contributed by atoms with van der Waals surface area (Å²) >= 11 is 1.84. The van der Waals surface area contributed by atoms with Crippen LogP contribution in [-0.4, -0.2) is 11.5 Å². The van der Waals surface area contributed by atoms with Gasteiger partial charge in [-0.3, -0.25) is 0 Å². The van der Waals surface area contributed by atoms with Gasteiger partial charge in [0.2, 0.25) is 0 Å². The predicted octanol–water partition coefficient (Wildman–Crippen LogP) is 4.69. The monoisotopic (exact) mass is 298 g/mol. The van der Waals surface area contributed by atoms with Crippen LogP contribution in [0.3, 0.4) is 0 Å². The van der Waals surface area contributed by atoms with Crippen LogP contribution in [0.25, 0.3) is 10.9 Å². The Bertz CT molecular complexity index is 710. The molecule has 1 N–H and O–H groups in total. The number of nitrogens with one attached hydrogen (secondary N) is 1. The molecule has 3 rings (SSSR count). The summed E-state index contributed by atoms with van der Waals surface area (Å²) < 4.78 is 5.37. The molecule has 1 aromatic carbocycles. The Balaban J connectivity index is 1.79. The summed E-state index contributed by atoms with van der Waals surface area (Å²) in [7, 11) is 0. The summed E-state index contributed by atoms with van der Waals surface area (Å²) in [6, 6.07) is 14.4. The van der Waals surface area contributed by atoms with Crippen molar-refractivity contribution in [3.05, 3.63) is 60.1 Å². The Labute approximate surface area is 128 Å². The molecule has 0 aliphatic carbocycles. The van der Waals surface area contributed by atoms with E-state index in [1.54, 1.807) is 6.26 Å². The minimum atomic E-state index is 0.876. The first-order valence-electron chi connectivity index (χ1n) is 7.09.